The number of hydrogen-bond acceptors (Lipinski definition) is 1. The molecule has 0 aliphatic rings. The molecule has 2 aromatic carbocycles. The Labute approximate surface area is 117 Å². The Hall–Kier alpha value is -1.33. The SMILES string of the molecule is NC(c1ccccc1Br)c1ccccc1C(F)(F)F. The molecule has 1 atom stereocenters. The van der Waals surface area contributed by atoms with Gasteiger partial charge >= 0.3 is 6.18 Å². The fourth-order valence-electron chi connectivity index (χ4n) is 1.92. The molecule has 0 saturated heterocycles. The van der Waals surface area contributed by atoms with Crippen LogP contribution in [0.5, 0.6) is 0 Å². The van der Waals surface area contributed by atoms with Crippen LogP contribution >= 0.6 is 15.9 Å². The molecule has 2 rings (SSSR count). The van der Waals surface area contributed by atoms with Gasteiger partial charge in [0.25, 0.3) is 0 Å². The molecule has 0 spiro atoms. The molecule has 2 aromatic rings. The fraction of sp³-hybridized carbons (Fsp3) is 0.143. The molecule has 0 bridgehead atoms. The van der Waals surface area contributed by atoms with Crippen molar-refractivity contribution >= 4 is 15.9 Å². The van der Waals surface area contributed by atoms with Crippen LogP contribution in [0.1, 0.15) is 22.7 Å². The summed E-state index contributed by atoms with van der Waals surface area (Å²) in [5.74, 6) is 0. The van der Waals surface area contributed by atoms with Gasteiger partial charge < -0.3 is 5.73 Å². The minimum absolute atomic E-state index is 0.0712. The molecule has 5 heteroatoms. The monoisotopic (exact) mass is 329 g/mol. The average molecular weight is 330 g/mol. The molecule has 0 aromatic heterocycles. The number of nitrogens with two attached hydrogens (primary N) is 1. The molecule has 1 nitrogen and oxygen atoms in total. The summed E-state index contributed by atoms with van der Waals surface area (Å²) in [6, 6.07) is 11.5. The van der Waals surface area contributed by atoms with Crippen LogP contribution in [-0.2, 0) is 6.18 Å². The lowest BCUT2D eigenvalue weighted by Crippen LogP contribution is -2.18. The number of rotatable bonds is 2. The van der Waals surface area contributed by atoms with Gasteiger partial charge in [-0.25, -0.2) is 0 Å². The number of hydrogen-bond donors (Lipinski definition) is 1. The van der Waals surface area contributed by atoms with E-state index in [1.165, 1.54) is 12.1 Å². The van der Waals surface area contributed by atoms with Gasteiger partial charge in [0.1, 0.15) is 0 Å². The van der Waals surface area contributed by atoms with Crippen molar-refractivity contribution in [2.45, 2.75) is 12.2 Å². The first-order chi connectivity index (χ1) is 8.91. The van der Waals surface area contributed by atoms with Crippen molar-refractivity contribution in [1.29, 1.82) is 0 Å². The lowest BCUT2D eigenvalue weighted by molar-refractivity contribution is -0.138. The molecular weight excluding hydrogens is 319 g/mol. The molecule has 0 amide bonds. The lowest BCUT2D eigenvalue weighted by Gasteiger charge is -2.19. The minimum Gasteiger partial charge on any atom is -0.320 e. The minimum atomic E-state index is -4.41. The van der Waals surface area contributed by atoms with Crippen LogP contribution in [0.2, 0.25) is 0 Å². The maximum Gasteiger partial charge on any atom is 0.416 e. The van der Waals surface area contributed by atoms with E-state index in [4.69, 9.17) is 5.73 Å². The van der Waals surface area contributed by atoms with Crippen molar-refractivity contribution in [1.82, 2.24) is 0 Å². The van der Waals surface area contributed by atoms with Crippen LogP contribution in [0.25, 0.3) is 0 Å². The number of halogens is 4. The van der Waals surface area contributed by atoms with Crippen molar-refractivity contribution in [3.8, 4) is 0 Å². The third kappa shape index (κ3) is 2.98. The van der Waals surface area contributed by atoms with Gasteiger partial charge in [0.2, 0.25) is 0 Å². The molecule has 19 heavy (non-hydrogen) atoms. The largest absolute Gasteiger partial charge is 0.416 e. The smallest absolute Gasteiger partial charge is 0.320 e. The van der Waals surface area contributed by atoms with E-state index in [0.717, 1.165) is 6.07 Å². The van der Waals surface area contributed by atoms with Gasteiger partial charge in [-0.15, -0.1) is 0 Å². The summed E-state index contributed by atoms with van der Waals surface area (Å²) < 4.78 is 39.6. The predicted octanol–water partition coefficient (Wildman–Crippen LogP) is 4.52. The standard InChI is InChI=1S/C14H11BrF3N/c15-12-8-4-2-6-10(12)13(19)9-5-1-3-7-11(9)14(16,17)18/h1-8,13H,19H2. The molecule has 1 unspecified atom stereocenters. The van der Waals surface area contributed by atoms with Gasteiger partial charge in [-0.3, -0.25) is 0 Å². The second-order valence-corrected chi connectivity index (χ2v) is 4.94. The van der Waals surface area contributed by atoms with E-state index in [0.29, 0.717) is 10.0 Å². The van der Waals surface area contributed by atoms with Gasteiger partial charge in [-0.1, -0.05) is 52.3 Å². The summed E-state index contributed by atoms with van der Waals surface area (Å²) >= 11 is 3.31. The molecule has 0 aliphatic heterocycles. The van der Waals surface area contributed by atoms with Gasteiger partial charge in [0, 0.05) is 4.47 Å². The lowest BCUT2D eigenvalue weighted by atomic mass is 9.95. The Kier molecular flexibility index (Phi) is 3.96. The second kappa shape index (κ2) is 5.35. The topological polar surface area (TPSA) is 26.0 Å². The predicted molar refractivity (Wildman–Crippen MR) is 71.6 cm³/mol. The van der Waals surface area contributed by atoms with E-state index >= 15 is 0 Å². The van der Waals surface area contributed by atoms with E-state index in [9.17, 15) is 13.2 Å². The van der Waals surface area contributed by atoms with Gasteiger partial charge in [0.05, 0.1) is 11.6 Å². The Balaban J connectivity index is 2.51. The third-order valence-electron chi connectivity index (χ3n) is 2.84. The van der Waals surface area contributed by atoms with Crippen LogP contribution in [-0.4, -0.2) is 0 Å². The summed E-state index contributed by atoms with van der Waals surface area (Å²) in [7, 11) is 0. The van der Waals surface area contributed by atoms with Crippen molar-refractivity contribution in [3.63, 3.8) is 0 Å². The van der Waals surface area contributed by atoms with E-state index in [1.807, 2.05) is 0 Å². The molecule has 0 saturated carbocycles. The first kappa shape index (κ1) is 14.1. The van der Waals surface area contributed by atoms with Gasteiger partial charge in [-0.2, -0.15) is 13.2 Å². The molecule has 0 aliphatic carbocycles. The highest BCUT2D eigenvalue weighted by molar-refractivity contribution is 9.10. The van der Waals surface area contributed by atoms with Crippen LogP contribution in [0.3, 0.4) is 0 Å². The van der Waals surface area contributed by atoms with Crippen LogP contribution in [0.15, 0.2) is 53.0 Å². The molecule has 0 radical (unpaired) electrons. The Morgan fingerprint density at radius 3 is 2.00 bits per heavy atom. The van der Waals surface area contributed by atoms with Crippen LogP contribution < -0.4 is 5.73 Å². The molecule has 100 valence electrons. The van der Waals surface area contributed by atoms with Gasteiger partial charge in [-0.05, 0) is 23.3 Å². The van der Waals surface area contributed by atoms with E-state index in [2.05, 4.69) is 15.9 Å². The summed E-state index contributed by atoms with van der Waals surface area (Å²) in [6.07, 6.45) is -4.41. The van der Waals surface area contributed by atoms with E-state index < -0.39 is 17.8 Å². The highest BCUT2D eigenvalue weighted by atomic mass is 79.9. The second-order valence-electron chi connectivity index (χ2n) is 4.08. The summed E-state index contributed by atoms with van der Waals surface area (Å²) in [6.45, 7) is 0. The highest BCUT2D eigenvalue weighted by Gasteiger charge is 2.34. The molecule has 0 fully saturated rings. The zero-order chi connectivity index (χ0) is 14.0. The molecular formula is C14H11BrF3N. The highest BCUT2D eigenvalue weighted by Crippen LogP contribution is 2.36. The summed E-state index contributed by atoms with van der Waals surface area (Å²) in [4.78, 5) is 0. The molecule has 0 heterocycles. The van der Waals surface area contributed by atoms with Crippen LogP contribution in [0.4, 0.5) is 13.2 Å². The Morgan fingerprint density at radius 1 is 0.895 bits per heavy atom. The van der Waals surface area contributed by atoms with Crippen molar-refractivity contribution in [2.75, 3.05) is 0 Å². The zero-order valence-electron chi connectivity index (χ0n) is 9.79. The number of benzene rings is 2. The van der Waals surface area contributed by atoms with Crippen molar-refractivity contribution in [3.05, 3.63) is 69.7 Å². The quantitative estimate of drug-likeness (QED) is 0.861. The van der Waals surface area contributed by atoms with Crippen molar-refractivity contribution < 1.29 is 13.2 Å². The van der Waals surface area contributed by atoms with E-state index in [1.54, 1.807) is 30.3 Å². The summed E-state index contributed by atoms with van der Waals surface area (Å²) in [5.41, 5.74) is 5.98. The van der Waals surface area contributed by atoms with Crippen LogP contribution in [0, 0.1) is 0 Å². The van der Waals surface area contributed by atoms with Crippen molar-refractivity contribution in [2.24, 2.45) is 5.73 Å². The summed E-state index contributed by atoms with van der Waals surface area (Å²) in [5, 5.41) is 0. The normalized spacial score (nSPS) is 13.3. The maximum atomic E-state index is 13.0. The first-order valence-electron chi connectivity index (χ1n) is 5.57. The average Bonchev–Trinajstić information content (AvgIpc) is 2.37. The number of alkyl halides is 3. The molecule has 2 N–H and O–H groups in total. The zero-order valence-corrected chi connectivity index (χ0v) is 11.4. The Bertz CT molecular complexity index is 581. The fourth-order valence-corrected chi connectivity index (χ4v) is 2.45. The third-order valence-corrected chi connectivity index (χ3v) is 3.56. The Morgan fingerprint density at radius 2 is 1.42 bits per heavy atom. The van der Waals surface area contributed by atoms with Gasteiger partial charge in [0.15, 0.2) is 0 Å². The maximum absolute atomic E-state index is 13.0. The first-order valence-corrected chi connectivity index (χ1v) is 6.36. The van der Waals surface area contributed by atoms with E-state index in [-0.39, 0.29) is 5.56 Å².